The van der Waals surface area contributed by atoms with E-state index in [0.29, 0.717) is 5.56 Å². The molecule has 0 spiro atoms. The van der Waals surface area contributed by atoms with Crippen LogP contribution in [0.1, 0.15) is 43.2 Å². The van der Waals surface area contributed by atoms with Crippen LogP contribution >= 0.6 is 0 Å². The second kappa shape index (κ2) is 10.6. The van der Waals surface area contributed by atoms with Crippen molar-refractivity contribution in [2.24, 2.45) is 0 Å². The Bertz CT molecular complexity index is 564. The molecule has 0 saturated carbocycles. The Balaban J connectivity index is 0.000000921. The molecule has 2 rings (SSSR count). The third kappa shape index (κ3) is 5.03. The maximum absolute atomic E-state index is 11.7. The largest absolute Gasteiger partial charge is 0.355 e. The summed E-state index contributed by atoms with van der Waals surface area (Å²) in [5, 5.41) is 3.56. The minimum Gasteiger partial charge on any atom is -0.355 e. The molecule has 0 radical (unpaired) electrons. The van der Waals surface area contributed by atoms with Gasteiger partial charge in [0.05, 0.1) is 5.52 Å². The topological polar surface area (TPSA) is 42.0 Å². The molecule has 1 amide bonds. The number of pyridine rings is 1. The molecule has 0 atom stereocenters. The van der Waals surface area contributed by atoms with Crippen LogP contribution < -0.4 is 5.32 Å². The number of aryl methyl sites for hydroxylation is 1. The van der Waals surface area contributed by atoms with Crippen molar-refractivity contribution < 1.29 is 4.79 Å². The van der Waals surface area contributed by atoms with Gasteiger partial charge in [-0.2, -0.15) is 0 Å². The highest BCUT2D eigenvalue weighted by Crippen LogP contribution is 2.18. The first kappa shape index (κ1) is 18.8. The third-order valence-electron chi connectivity index (χ3n) is 2.77. The summed E-state index contributed by atoms with van der Waals surface area (Å²) < 4.78 is 0. The highest BCUT2D eigenvalue weighted by Gasteiger charge is 2.08. The number of rotatable bonds is 3. The molecule has 0 aliphatic heterocycles. The van der Waals surface area contributed by atoms with Gasteiger partial charge in [-0.05, 0) is 24.6 Å². The van der Waals surface area contributed by atoms with Crippen molar-refractivity contribution in [3.8, 4) is 0 Å². The summed E-state index contributed by atoms with van der Waals surface area (Å²) in [7, 11) is 1.64. The van der Waals surface area contributed by atoms with Crippen molar-refractivity contribution in [1.29, 1.82) is 0 Å². The Kier molecular flexibility index (Phi) is 9.52. The molecule has 0 fully saturated rings. The first-order valence-electron chi connectivity index (χ1n) is 7.37. The van der Waals surface area contributed by atoms with E-state index in [1.807, 2.05) is 44.2 Å². The van der Waals surface area contributed by atoms with Gasteiger partial charge in [-0.3, -0.25) is 9.78 Å². The van der Waals surface area contributed by atoms with Crippen molar-refractivity contribution in [3.05, 3.63) is 54.7 Å². The Labute approximate surface area is 128 Å². The van der Waals surface area contributed by atoms with Crippen LogP contribution in [0, 0.1) is 0 Å². The van der Waals surface area contributed by atoms with Gasteiger partial charge >= 0.3 is 0 Å². The Hall–Kier alpha value is -2.16. The van der Waals surface area contributed by atoms with E-state index >= 15 is 0 Å². The summed E-state index contributed by atoms with van der Waals surface area (Å²) in [4.78, 5) is 16.3. The van der Waals surface area contributed by atoms with Gasteiger partial charge in [-0.15, -0.1) is 13.2 Å². The highest BCUT2D eigenvalue weighted by molar-refractivity contribution is 6.06. The predicted molar refractivity (Wildman–Crippen MR) is 91.7 cm³/mol. The monoisotopic (exact) mass is 286 g/mol. The SMILES string of the molecule is C=C.CC.CCCc1ccc2c(C(=O)NC)cccc2n1. The summed E-state index contributed by atoms with van der Waals surface area (Å²) in [6, 6.07) is 9.62. The lowest BCUT2D eigenvalue weighted by Crippen LogP contribution is -2.18. The molecule has 1 aromatic carbocycles. The number of hydrogen-bond acceptors (Lipinski definition) is 2. The minimum atomic E-state index is -0.0689. The molecule has 1 N–H and O–H groups in total. The summed E-state index contributed by atoms with van der Waals surface area (Å²) in [5.74, 6) is -0.0689. The summed E-state index contributed by atoms with van der Waals surface area (Å²) in [6.45, 7) is 12.1. The fourth-order valence-corrected chi connectivity index (χ4v) is 1.93. The van der Waals surface area contributed by atoms with E-state index in [1.165, 1.54) is 0 Å². The van der Waals surface area contributed by atoms with Crippen molar-refractivity contribution in [1.82, 2.24) is 10.3 Å². The van der Waals surface area contributed by atoms with Gasteiger partial charge in [0.1, 0.15) is 0 Å². The molecular formula is C18H26N2O. The summed E-state index contributed by atoms with van der Waals surface area (Å²) in [6.07, 6.45) is 2.05. The van der Waals surface area contributed by atoms with E-state index in [4.69, 9.17) is 0 Å². The molecule has 0 aliphatic rings. The molecular weight excluding hydrogens is 260 g/mol. The number of benzene rings is 1. The molecule has 1 heterocycles. The Morgan fingerprint density at radius 1 is 1.19 bits per heavy atom. The lowest BCUT2D eigenvalue weighted by molar-refractivity contribution is 0.0964. The zero-order chi connectivity index (χ0) is 16.3. The van der Waals surface area contributed by atoms with Crippen LogP contribution in [-0.2, 0) is 6.42 Å². The maximum atomic E-state index is 11.7. The second-order valence-electron chi connectivity index (χ2n) is 4.00. The highest BCUT2D eigenvalue weighted by atomic mass is 16.1. The molecule has 1 aromatic heterocycles. The number of carbonyl (C=O) groups is 1. The average molecular weight is 286 g/mol. The lowest BCUT2D eigenvalue weighted by Gasteiger charge is -2.06. The van der Waals surface area contributed by atoms with Crippen molar-refractivity contribution in [2.75, 3.05) is 7.05 Å². The standard InChI is InChI=1S/C14H16N2O.C2H6.C2H4/c1-3-5-10-8-9-11-12(14(17)15-2)6-4-7-13(11)16-10;2*1-2/h4,6-9H,3,5H2,1-2H3,(H,15,17);1-2H3;1-2H2. The third-order valence-corrected chi connectivity index (χ3v) is 2.77. The van der Waals surface area contributed by atoms with E-state index < -0.39 is 0 Å². The predicted octanol–water partition coefficient (Wildman–Crippen LogP) is 4.38. The van der Waals surface area contributed by atoms with Crippen LogP contribution in [0.15, 0.2) is 43.5 Å². The van der Waals surface area contributed by atoms with Crippen molar-refractivity contribution in [2.45, 2.75) is 33.6 Å². The van der Waals surface area contributed by atoms with Crippen molar-refractivity contribution >= 4 is 16.8 Å². The molecule has 0 saturated heterocycles. The van der Waals surface area contributed by atoms with Crippen LogP contribution in [-0.4, -0.2) is 17.9 Å². The quantitative estimate of drug-likeness (QED) is 0.851. The second-order valence-corrected chi connectivity index (χ2v) is 4.00. The average Bonchev–Trinajstić information content (AvgIpc) is 2.57. The zero-order valence-corrected chi connectivity index (χ0v) is 13.6. The number of carbonyl (C=O) groups excluding carboxylic acids is 1. The van der Waals surface area contributed by atoms with Gasteiger partial charge in [-0.25, -0.2) is 0 Å². The molecule has 2 aromatic rings. The molecule has 0 bridgehead atoms. The molecule has 0 aliphatic carbocycles. The van der Waals surface area contributed by atoms with Crippen LogP contribution in [0.2, 0.25) is 0 Å². The number of nitrogens with zero attached hydrogens (tertiary/aromatic N) is 1. The zero-order valence-electron chi connectivity index (χ0n) is 13.6. The molecule has 21 heavy (non-hydrogen) atoms. The normalized spacial score (nSPS) is 8.95. The maximum Gasteiger partial charge on any atom is 0.251 e. The molecule has 3 nitrogen and oxygen atoms in total. The van der Waals surface area contributed by atoms with E-state index in [9.17, 15) is 4.79 Å². The summed E-state index contributed by atoms with van der Waals surface area (Å²) in [5.41, 5.74) is 2.65. The van der Waals surface area contributed by atoms with Crippen LogP contribution in [0.4, 0.5) is 0 Å². The van der Waals surface area contributed by atoms with Crippen molar-refractivity contribution in [3.63, 3.8) is 0 Å². The minimum absolute atomic E-state index is 0.0689. The number of hydrogen-bond donors (Lipinski definition) is 1. The fraction of sp³-hybridized carbons (Fsp3) is 0.333. The number of nitrogens with one attached hydrogen (secondary N) is 1. The lowest BCUT2D eigenvalue weighted by atomic mass is 10.1. The van der Waals surface area contributed by atoms with Gasteiger partial charge < -0.3 is 5.32 Å². The molecule has 114 valence electrons. The Morgan fingerprint density at radius 2 is 1.86 bits per heavy atom. The van der Waals surface area contributed by atoms with Gasteiger partial charge in [0.25, 0.3) is 5.91 Å². The van der Waals surface area contributed by atoms with Gasteiger partial charge in [-0.1, -0.05) is 39.3 Å². The summed E-state index contributed by atoms with van der Waals surface area (Å²) >= 11 is 0. The molecule has 0 unspecified atom stereocenters. The smallest absolute Gasteiger partial charge is 0.251 e. The first-order valence-corrected chi connectivity index (χ1v) is 7.37. The van der Waals surface area contributed by atoms with Crippen LogP contribution in [0.5, 0.6) is 0 Å². The van der Waals surface area contributed by atoms with Gasteiger partial charge in [0.15, 0.2) is 0 Å². The van der Waals surface area contributed by atoms with E-state index in [0.717, 1.165) is 29.4 Å². The van der Waals surface area contributed by atoms with E-state index in [-0.39, 0.29) is 5.91 Å². The fourth-order valence-electron chi connectivity index (χ4n) is 1.93. The number of fused-ring (bicyclic) bond motifs is 1. The Morgan fingerprint density at radius 3 is 2.43 bits per heavy atom. The van der Waals surface area contributed by atoms with E-state index in [2.05, 4.69) is 30.4 Å². The van der Waals surface area contributed by atoms with Crippen LogP contribution in [0.3, 0.4) is 0 Å². The van der Waals surface area contributed by atoms with Crippen LogP contribution in [0.25, 0.3) is 10.9 Å². The number of amides is 1. The van der Waals surface area contributed by atoms with E-state index in [1.54, 1.807) is 7.05 Å². The number of aromatic nitrogens is 1. The van der Waals surface area contributed by atoms with Gasteiger partial charge in [0, 0.05) is 23.7 Å². The van der Waals surface area contributed by atoms with Gasteiger partial charge in [0.2, 0.25) is 0 Å². The molecule has 3 heteroatoms. The first-order chi connectivity index (χ1) is 10.3.